The number of benzene rings is 2. The summed E-state index contributed by atoms with van der Waals surface area (Å²) in [4.78, 5) is 17.2. The predicted molar refractivity (Wildman–Crippen MR) is 148 cm³/mol. The Balaban J connectivity index is 1.43. The number of fused-ring (bicyclic) bond motifs is 1. The Bertz CT molecular complexity index is 1530. The van der Waals surface area contributed by atoms with Gasteiger partial charge in [-0.25, -0.2) is 0 Å². The third-order valence-corrected chi connectivity index (χ3v) is 7.17. The fraction of sp³-hybridized carbons (Fsp3) is 0.214. The number of nitrogens with one attached hydrogen (secondary N) is 1. The van der Waals surface area contributed by atoms with Crippen molar-refractivity contribution in [2.75, 3.05) is 13.7 Å². The molecule has 0 saturated carbocycles. The third kappa shape index (κ3) is 4.58. The van der Waals surface area contributed by atoms with E-state index in [1.165, 1.54) is 16.8 Å². The Hall–Kier alpha value is -4.11. The van der Waals surface area contributed by atoms with E-state index in [1.54, 1.807) is 13.2 Å². The van der Waals surface area contributed by atoms with Crippen LogP contribution in [0.4, 0.5) is 0 Å². The van der Waals surface area contributed by atoms with Gasteiger partial charge in [0.15, 0.2) is 5.84 Å². The van der Waals surface area contributed by atoms with Crippen molar-refractivity contribution in [3.63, 3.8) is 0 Å². The molecule has 188 valence electrons. The van der Waals surface area contributed by atoms with Crippen LogP contribution in [-0.4, -0.2) is 45.2 Å². The van der Waals surface area contributed by atoms with Crippen LogP contribution in [0, 0.1) is 33.1 Å². The molecule has 1 aromatic heterocycles. The Morgan fingerprint density at radius 2 is 1.84 bits per heavy atom. The summed E-state index contributed by atoms with van der Waals surface area (Å²) in [6, 6.07) is 15.8. The molecule has 1 N–H and O–H groups in total. The predicted octanol–water partition coefficient (Wildman–Crippen LogP) is 5.42. The smallest absolute Gasteiger partial charge is 0.283 e. The Morgan fingerprint density at radius 3 is 2.59 bits per heavy atom. The average molecular weight is 514 g/mol. The van der Waals surface area contributed by atoms with Crippen molar-refractivity contribution in [3.05, 3.63) is 82.2 Å². The van der Waals surface area contributed by atoms with Crippen molar-refractivity contribution in [2.45, 2.75) is 27.7 Å². The second kappa shape index (κ2) is 9.74. The Kier molecular flexibility index (Phi) is 6.47. The number of aryl methyl sites for hydroxylation is 3. The molecule has 9 heteroatoms. The van der Waals surface area contributed by atoms with Crippen LogP contribution in [0.1, 0.15) is 28.1 Å². The number of hydrogen-bond acceptors (Lipinski definition) is 6. The normalized spacial score (nSPS) is 16.1. The molecule has 2 aromatic carbocycles. The first-order valence-electron chi connectivity index (χ1n) is 11.8. The molecule has 2 aliphatic heterocycles. The molecule has 1 amide bonds. The van der Waals surface area contributed by atoms with Crippen LogP contribution in [0.3, 0.4) is 0 Å². The summed E-state index contributed by atoms with van der Waals surface area (Å²) in [5.41, 5.74) is 5.98. The van der Waals surface area contributed by atoms with Gasteiger partial charge in [0.25, 0.3) is 5.91 Å². The van der Waals surface area contributed by atoms with Gasteiger partial charge in [0.05, 0.1) is 18.4 Å². The van der Waals surface area contributed by atoms with Gasteiger partial charge < -0.3 is 14.0 Å². The van der Waals surface area contributed by atoms with E-state index in [2.05, 4.69) is 20.7 Å². The van der Waals surface area contributed by atoms with Gasteiger partial charge in [-0.15, -0.1) is 0 Å². The second-order valence-electron chi connectivity index (χ2n) is 8.91. The maximum atomic E-state index is 13.0. The first-order chi connectivity index (χ1) is 17.8. The fourth-order valence-corrected chi connectivity index (χ4v) is 5.18. The number of aliphatic imine (C=N–C) groups is 1. The average Bonchev–Trinajstić information content (AvgIpc) is 3.40. The van der Waals surface area contributed by atoms with Crippen molar-refractivity contribution < 1.29 is 14.3 Å². The molecule has 37 heavy (non-hydrogen) atoms. The molecule has 0 fully saturated rings. The van der Waals surface area contributed by atoms with Crippen LogP contribution < -0.4 is 9.47 Å². The minimum atomic E-state index is -0.460. The number of ether oxygens (including phenoxy) is 2. The van der Waals surface area contributed by atoms with Crippen molar-refractivity contribution in [3.8, 4) is 17.2 Å². The number of hydrazone groups is 1. The molecule has 0 aliphatic carbocycles. The van der Waals surface area contributed by atoms with Crippen LogP contribution in [0.25, 0.3) is 11.8 Å². The van der Waals surface area contributed by atoms with E-state index in [9.17, 15) is 4.79 Å². The molecule has 0 atom stereocenters. The number of nitrogens with zero attached hydrogens (tertiary/aromatic N) is 4. The van der Waals surface area contributed by atoms with E-state index in [0.29, 0.717) is 10.2 Å². The van der Waals surface area contributed by atoms with Crippen molar-refractivity contribution in [1.82, 2.24) is 9.58 Å². The molecule has 3 heterocycles. The summed E-state index contributed by atoms with van der Waals surface area (Å²) < 4.78 is 13.6. The van der Waals surface area contributed by atoms with Crippen molar-refractivity contribution >= 4 is 39.8 Å². The molecule has 0 bridgehead atoms. The second-order valence-corrected chi connectivity index (χ2v) is 9.95. The molecular weight excluding hydrogens is 486 g/mol. The van der Waals surface area contributed by atoms with E-state index in [1.807, 2.05) is 70.2 Å². The maximum Gasteiger partial charge on any atom is 0.283 e. The van der Waals surface area contributed by atoms with Crippen LogP contribution in [-0.2, 0) is 4.79 Å². The molecular formula is C28H27N5O3S. The summed E-state index contributed by atoms with van der Waals surface area (Å²) in [6.07, 6.45) is 1.72. The first kappa shape index (κ1) is 24.6. The zero-order chi connectivity index (χ0) is 26.3. The Labute approximate surface area is 219 Å². The lowest BCUT2D eigenvalue weighted by Gasteiger charge is -2.20. The van der Waals surface area contributed by atoms with Gasteiger partial charge in [0.2, 0.25) is 5.17 Å². The number of carbonyl (C=O) groups excluding carboxylic acids is 1. The molecule has 5 rings (SSSR count). The largest absolute Gasteiger partial charge is 0.495 e. The third-order valence-electron chi connectivity index (χ3n) is 6.29. The van der Waals surface area contributed by atoms with Gasteiger partial charge in [-0.1, -0.05) is 24.3 Å². The molecule has 0 spiro atoms. The van der Waals surface area contributed by atoms with Crippen LogP contribution in [0.5, 0.6) is 11.5 Å². The number of hydrogen-bond donors (Lipinski definition) is 1. The summed E-state index contributed by atoms with van der Waals surface area (Å²) in [6.45, 7) is 8.22. The summed E-state index contributed by atoms with van der Waals surface area (Å²) in [7, 11) is 1.65. The number of para-hydroxylation sites is 1. The van der Waals surface area contributed by atoms with Crippen LogP contribution >= 0.6 is 11.8 Å². The number of methoxy groups -OCH3 is 1. The highest BCUT2D eigenvalue weighted by molar-refractivity contribution is 8.27. The van der Waals surface area contributed by atoms with Gasteiger partial charge in [0.1, 0.15) is 23.1 Å². The van der Waals surface area contributed by atoms with Gasteiger partial charge in [0, 0.05) is 11.4 Å². The van der Waals surface area contributed by atoms with Gasteiger partial charge in [-0.2, -0.15) is 15.1 Å². The minimum Gasteiger partial charge on any atom is -0.495 e. The lowest BCUT2D eigenvalue weighted by Crippen LogP contribution is -2.35. The SMILES string of the molecule is COc1ccc(C)cc1-n1c(C)cc(/C=C2/C(=N)N3N=C(COc4ccccc4C)SC3=NC2=O)c1C. The molecule has 2 aliphatic rings. The van der Waals surface area contributed by atoms with E-state index in [0.717, 1.165) is 45.3 Å². The molecule has 8 nitrogen and oxygen atoms in total. The van der Waals surface area contributed by atoms with Gasteiger partial charge in [-0.05, 0) is 86.5 Å². The molecule has 0 unspecified atom stereocenters. The van der Waals surface area contributed by atoms with E-state index in [-0.39, 0.29) is 18.0 Å². The number of thioether (sulfide) groups is 1. The summed E-state index contributed by atoms with van der Waals surface area (Å²) in [5.74, 6) is 1.06. The van der Waals surface area contributed by atoms with E-state index < -0.39 is 5.91 Å². The lowest BCUT2D eigenvalue weighted by atomic mass is 10.1. The number of amides is 1. The van der Waals surface area contributed by atoms with Crippen molar-refractivity contribution in [2.24, 2.45) is 10.1 Å². The molecule has 0 saturated heterocycles. The van der Waals surface area contributed by atoms with Gasteiger partial charge in [-0.3, -0.25) is 10.2 Å². The number of carbonyl (C=O) groups is 1. The quantitative estimate of drug-likeness (QED) is 0.445. The Morgan fingerprint density at radius 1 is 1.05 bits per heavy atom. The fourth-order valence-electron chi connectivity index (χ4n) is 4.38. The number of aromatic nitrogens is 1. The molecule has 3 aromatic rings. The van der Waals surface area contributed by atoms with E-state index in [4.69, 9.17) is 14.9 Å². The van der Waals surface area contributed by atoms with Crippen LogP contribution in [0.15, 0.2) is 64.2 Å². The summed E-state index contributed by atoms with van der Waals surface area (Å²) >= 11 is 1.24. The van der Waals surface area contributed by atoms with Crippen LogP contribution in [0.2, 0.25) is 0 Å². The molecule has 0 radical (unpaired) electrons. The highest BCUT2D eigenvalue weighted by atomic mass is 32.2. The zero-order valence-electron chi connectivity index (χ0n) is 21.3. The van der Waals surface area contributed by atoms with E-state index >= 15 is 0 Å². The monoisotopic (exact) mass is 513 g/mol. The topological polar surface area (TPSA) is 92.3 Å². The highest BCUT2D eigenvalue weighted by Crippen LogP contribution is 2.32. The minimum absolute atomic E-state index is 0.00803. The number of amidine groups is 2. The standard InChI is InChI=1S/C28H27N5O3S/c1-16-10-11-24(35-5)22(12-16)32-18(3)13-20(19(32)4)14-21-26(29)33-28(30-27(21)34)37-25(31-33)15-36-23-9-7-6-8-17(23)2/h6-14,29H,15H2,1-5H3/b21-14-,29-26?. The zero-order valence-corrected chi connectivity index (χ0v) is 22.1. The first-order valence-corrected chi connectivity index (χ1v) is 12.6. The number of rotatable bonds is 6. The maximum absolute atomic E-state index is 13.0. The highest BCUT2D eigenvalue weighted by Gasteiger charge is 2.36. The summed E-state index contributed by atoms with van der Waals surface area (Å²) in [5, 5.41) is 15.6. The van der Waals surface area contributed by atoms with Crippen molar-refractivity contribution in [1.29, 1.82) is 5.41 Å². The lowest BCUT2D eigenvalue weighted by molar-refractivity contribution is -0.114. The van der Waals surface area contributed by atoms with Gasteiger partial charge >= 0.3 is 0 Å².